The standard InChI is InChI=1S/C11H20N2O3/c1-8(11(15)16)3-2-5-13-10(14)9-4-6-12-7-9/h8-9,12H,2-7H2,1H3,(H,13,14)(H,15,16). The number of carboxylic acid groups (broad SMARTS) is 1. The third-order valence-electron chi connectivity index (χ3n) is 2.97. The second-order valence-electron chi connectivity index (χ2n) is 4.36. The topological polar surface area (TPSA) is 78.4 Å². The van der Waals surface area contributed by atoms with Crippen molar-refractivity contribution in [3.05, 3.63) is 0 Å². The summed E-state index contributed by atoms with van der Waals surface area (Å²) in [5.74, 6) is -0.916. The van der Waals surface area contributed by atoms with Crippen molar-refractivity contribution >= 4 is 11.9 Å². The molecule has 0 aromatic rings. The Morgan fingerprint density at radius 2 is 2.31 bits per heavy atom. The van der Waals surface area contributed by atoms with Crippen LogP contribution in [-0.4, -0.2) is 36.6 Å². The van der Waals surface area contributed by atoms with E-state index in [1.807, 2.05) is 0 Å². The van der Waals surface area contributed by atoms with E-state index in [9.17, 15) is 9.59 Å². The summed E-state index contributed by atoms with van der Waals surface area (Å²) in [5.41, 5.74) is 0. The molecule has 1 saturated heterocycles. The summed E-state index contributed by atoms with van der Waals surface area (Å²) in [6.45, 7) is 3.93. The average molecular weight is 228 g/mol. The molecule has 0 aromatic carbocycles. The Hall–Kier alpha value is -1.10. The maximum atomic E-state index is 11.6. The van der Waals surface area contributed by atoms with Crippen molar-refractivity contribution < 1.29 is 14.7 Å². The Labute approximate surface area is 95.6 Å². The van der Waals surface area contributed by atoms with Crippen LogP contribution in [-0.2, 0) is 9.59 Å². The molecule has 16 heavy (non-hydrogen) atoms. The van der Waals surface area contributed by atoms with Gasteiger partial charge in [0.2, 0.25) is 5.91 Å². The SMILES string of the molecule is CC(CCCNC(=O)C1CCNC1)C(=O)O. The molecular formula is C11H20N2O3. The van der Waals surface area contributed by atoms with Crippen LogP contribution in [0.3, 0.4) is 0 Å². The van der Waals surface area contributed by atoms with E-state index in [1.54, 1.807) is 6.92 Å². The summed E-state index contributed by atoms with van der Waals surface area (Å²) in [6.07, 6.45) is 2.23. The van der Waals surface area contributed by atoms with Crippen molar-refractivity contribution in [1.82, 2.24) is 10.6 Å². The van der Waals surface area contributed by atoms with Gasteiger partial charge in [0.05, 0.1) is 11.8 Å². The zero-order chi connectivity index (χ0) is 12.0. The van der Waals surface area contributed by atoms with Gasteiger partial charge in [-0.25, -0.2) is 0 Å². The molecule has 5 nitrogen and oxygen atoms in total. The van der Waals surface area contributed by atoms with Crippen molar-refractivity contribution in [2.24, 2.45) is 11.8 Å². The largest absolute Gasteiger partial charge is 0.481 e. The van der Waals surface area contributed by atoms with Gasteiger partial charge < -0.3 is 15.7 Å². The minimum absolute atomic E-state index is 0.0907. The van der Waals surface area contributed by atoms with Crippen LogP contribution in [0.5, 0.6) is 0 Å². The van der Waals surface area contributed by atoms with Gasteiger partial charge in [0.15, 0.2) is 0 Å². The van der Waals surface area contributed by atoms with Gasteiger partial charge in [-0.05, 0) is 25.8 Å². The first-order valence-corrected chi connectivity index (χ1v) is 5.82. The van der Waals surface area contributed by atoms with Gasteiger partial charge in [-0.1, -0.05) is 6.92 Å². The fourth-order valence-electron chi connectivity index (χ4n) is 1.77. The van der Waals surface area contributed by atoms with E-state index in [4.69, 9.17) is 5.11 Å². The maximum Gasteiger partial charge on any atom is 0.306 e. The lowest BCUT2D eigenvalue weighted by Gasteiger charge is -2.10. The van der Waals surface area contributed by atoms with Gasteiger partial charge in [0.1, 0.15) is 0 Å². The summed E-state index contributed by atoms with van der Waals surface area (Å²) in [5, 5.41) is 14.7. The highest BCUT2D eigenvalue weighted by atomic mass is 16.4. The van der Waals surface area contributed by atoms with Crippen LogP contribution < -0.4 is 10.6 Å². The number of hydrogen-bond acceptors (Lipinski definition) is 3. The minimum atomic E-state index is -0.772. The van der Waals surface area contributed by atoms with Gasteiger partial charge in [-0.2, -0.15) is 0 Å². The molecule has 92 valence electrons. The molecule has 1 aliphatic rings. The number of nitrogens with one attached hydrogen (secondary N) is 2. The van der Waals surface area contributed by atoms with Crippen molar-refractivity contribution in [3.63, 3.8) is 0 Å². The number of carbonyl (C=O) groups is 2. The molecule has 0 aromatic heterocycles. The highest BCUT2D eigenvalue weighted by Crippen LogP contribution is 2.08. The fraction of sp³-hybridized carbons (Fsp3) is 0.818. The molecule has 3 N–H and O–H groups in total. The van der Waals surface area contributed by atoms with Gasteiger partial charge in [-0.3, -0.25) is 9.59 Å². The van der Waals surface area contributed by atoms with E-state index in [2.05, 4.69) is 10.6 Å². The number of carboxylic acids is 1. The van der Waals surface area contributed by atoms with E-state index >= 15 is 0 Å². The minimum Gasteiger partial charge on any atom is -0.481 e. The molecule has 2 unspecified atom stereocenters. The Bertz CT molecular complexity index is 250. The highest BCUT2D eigenvalue weighted by molar-refractivity contribution is 5.79. The average Bonchev–Trinajstić information content (AvgIpc) is 2.76. The number of amides is 1. The number of rotatable bonds is 6. The van der Waals surface area contributed by atoms with E-state index in [0.29, 0.717) is 13.0 Å². The molecular weight excluding hydrogens is 208 g/mol. The predicted molar refractivity (Wildman–Crippen MR) is 60.0 cm³/mol. The molecule has 0 spiro atoms. The van der Waals surface area contributed by atoms with Crippen LogP contribution in [0.1, 0.15) is 26.2 Å². The van der Waals surface area contributed by atoms with Crippen molar-refractivity contribution in [2.75, 3.05) is 19.6 Å². The van der Waals surface area contributed by atoms with Crippen LogP contribution >= 0.6 is 0 Å². The summed E-state index contributed by atoms with van der Waals surface area (Å²) >= 11 is 0. The number of hydrogen-bond donors (Lipinski definition) is 3. The smallest absolute Gasteiger partial charge is 0.306 e. The Morgan fingerprint density at radius 3 is 2.88 bits per heavy atom. The Morgan fingerprint density at radius 1 is 1.56 bits per heavy atom. The molecule has 0 radical (unpaired) electrons. The molecule has 2 atom stereocenters. The molecule has 5 heteroatoms. The summed E-state index contributed by atoms with van der Waals surface area (Å²) in [4.78, 5) is 22.1. The lowest BCUT2D eigenvalue weighted by molar-refractivity contribution is -0.141. The fourth-order valence-corrected chi connectivity index (χ4v) is 1.77. The van der Waals surface area contributed by atoms with Gasteiger partial charge in [0, 0.05) is 13.1 Å². The van der Waals surface area contributed by atoms with Gasteiger partial charge in [0.25, 0.3) is 0 Å². The molecule has 0 aliphatic carbocycles. The van der Waals surface area contributed by atoms with Crippen LogP contribution in [0, 0.1) is 11.8 Å². The number of aliphatic carboxylic acids is 1. The van der Waals surface area contributed by atoms with Gasteiger partial charge in [-0.15, -0.1) is 0 Å². The molecule has 1 fully saturated rings. The molecule has 1 rings (SSSR count). The van der Waals surface area contributed by atoms with Crippen LogP contribution in [0.25, 0.3) is 0 Å². The zero-order valence-corrected chi connectivity index (χ0v) is 9.66. The lowest BCUT2D eigenvalue weighted by Crippen LogP contribution is -2.32. The Balaban J connectivity index is 2.06. The first-order valence-electron chi connectivity index (χ1n) is 5.82. The van der Waals surface area contributed by atoms with Crippen LogP contribution in [0.2, 0.25) is 0 Å². The molecule has 0 saturated carbocycles. The summed E-state index contributed by atoms with van der Waals surface area (Å²) in [6, 6.07) is 0. The summed E-state index contributed by atoms with van der Waals surface area (Å²) in [7, 11) is 0. The van der Waals surface area contributed by atoms with Crippen molar-refractivity contribution in [3.8, 4) is 0 Å². The Kier molecular flexibility index (Phi) is 5.25. The van der Waals surface area contributed by atoms with E-state index in [1.165, 1.54) is 0 Å². The summed E-state index contributed by atoms with van der Waals surface area (Å²) < 4.78 is 0. The first-order chi connectivity index (χ1) is 7.61. The second-order valence-corrected chi connectivity index (χ2v) is 4.36. The van der Waals surface area contributed by atoms with Gasteiger partial charge >= 0.3 is 5.97 Å². The first kappa shape index (κ1) is 13.0. The zero-order valence-electron chi connectivity index (χ0n) is 9.66. The van der Waals surface area contributed by atoms with E-state index < -0.39 is 5.97 Å². The molecule has 1 amide bonds. The van der Waals surface area contributed by atoms with E-state index in [-0.39, 0.29) is 17.7 Å². The van der Waals surface area contributed by atoms with E-state index in [0.717, 1.165) is 25.9 Å². The highest BCUT2D eigenvalue weighted by Gasteiger charge is 2.21. The second kappa shape index (κ2) is 6.48. The third-order valence-corrected chi connectivity index (χ3v) is 2.97. The quantitative estimate of drug-likeness (QED) is 0.568. The van der Waals surface area contributed by atoms with Crippen molar-refractivity contribution in [1.29, 1.82) is 0 Å². The molecule has 0 bridgehead atoms. The monoisotopic (exact) mass is 228 g/mol. The normalized spacial score (nSPS) is 21.7. The lowest BCUT2D eigenvalue weighted by atomic mass is 10.1. The van der Waals surface area contributed by atoms with Crippen molar-refractivity contribution in [2.45, 2.75) is 26.2 Å². The molecule has 1 heterocycles. The maximum absolute atomic E-state index is 11.6. The van der Waals surface area contributed by atoms with Crippen LogP contribution in [0.4, 0.5) is 0 Å². The molecule has 1 aliphatic heterocycles. The predicted octanol–water partition coefficient (Wildman–Crippen LogP) is 0.213. The number of carbonyl (C=O) groups excluding carboxylic acids is 1. The third kappa shape index (κ3) is 4.18. The van der Waals surface area contributed by atoms with Crippen LogP contribution in [0.15, 0.2) is 0 Å².